The standard InChI is InChI=1S/C11H17N5O3S/c1-2-19-8(17)7-20-11-14-9(12)13-10(15-11)16-3-5-18-6-4-16/h2-7H2,1H3,(H2,12,13,14,15). The summed E-state index contributed by atoms with van der Waals surface area (Å²) in [5, 5.41) is 0.423. The van der Waals surface area contributed by atoms with Gasteiger partial charge in [0, 0.05) is 13.1 Å². The first-order valence-electron chi connectivity index (χ1n) is 6.31. The van der Waals surface area contributed by atoms with Crippen LogP contribution in [0.4, 0.5) is 11.9 Å². The Morgan fingerprint density at radius 1 is 1.40 bits per heavy atom. The van der Waals surface area contributed by atoms with Gasteiger partial charge >= 0.3 is 5.97 Å². The van der Waals surface area contributed by atoms with E-state index >= 15 is 0 Å². The van der Waals surface area contributed by atoms with Gasteiger partial charge in [0.25, 0.3) is 0 Å². The number of carbonyl (C=O) groups excluding carboxylic acids is 1. The second kappa shape index (κ2) is 7.25. The molecule has 1 aromatic rings. The first-order chi connectivity index (χ1) is 9.69. The van der Waals surface area contributed by atoms with E-state index in [0.717, 1.165) is 0 Å². The largest absolute Gasteiger partial charge is 0.465 e. The van der Waals surface area contributed by atoms with E-state index in [-0.39, 0.29) is 17.7 Å². The predicted octanol–water partition coefficient (Wildman–Crippen LogP) is -0.0544. The maximum absolute atomic E-state index is 11.3. The summed E-state index contributed by atoms with van der Waals surface area (Å²) >= 11 is 1.19. The average molecular weight is 299 g/mol. The highest BCUT2D eigenvalue weighted by atomic mass is 32.2. The number of nitrogens with zero attached hydrogens (tertiary/aromatic N) is 4. The van der Waals surface area contributed by atoms with Gasteiger partial charge < -0.3 is 20.1 Å². The molecule has 0 aliphatic carbocycles. The molecule has 0 atom stereocenters. The van der Waals surface area contributed by atoms with Gasteiger partial charge in [0.1, 0.15) is 0 Å². The highest BCUT2D eigenvalue weighted by Gasteiger charge is 2.16. The van der Waals surface area contributed by atoms with Crippen LogP contribution in [-0.4, -0.2) is 59.6 Å². The lowest BCUT2D eigenvalue weighted by Gasteiger charge is -2.26. The Morgan fingerprint density at radius 2 is 2.15 bits per heavy atom. The van der Waals surface area contributed by atoms with Crippen LogP contribution in [0.25, 0.3) is 0 Å². The number of morpholine rings is 1. The van der Waals surface area contributed by atoms with E-state index in [9.17, 15) is 4.79 Å². The van der Waals surface area contributed by atoms with Crippen molar-refractivity contribution in [1.82, 2.24) is 15.0 Å². The molecule has 2 rings (SSSR count). The molecule has 8 nitrogen and oxygen atoms in total. The zero-order valence-corrected chi connectivity index (χ0v) is 12.1. The van der Waals surface area contributed by atoms with E-state index in [2.05, 4.69) is 15.0 Å². The van der Waals surface area contributed by atoms with E-state index in [1.165, 1.54) is 11.8 Å². The Balaban J connectivity index is 2.02. The summed E-state index contributed by atoms with van der Waals surface area (Å²) in [4.78, 5) is 25.7. The third-order valence-corrected chi connectivity index (χ3v) is 3.36. The summed E-state index contributed by atoms with van der Waals surface area (Å²) < 4.78 is 10.1. The quantitative estimate of drug-likeness (QED) is 0.591. The van der Waals surface area contributed by atoms with E-state index in [1.807, 2.05) is 4.90 Å². The lowest BCUT2D eigenvalue weighted by Crippen LogP contribution is -2.37. The van der Waals surface area contributed by atoms with Crippen LogP contribution in [0.3, 0.4) is 0 Å². The molecule has 9 heteroatoms. The molecule has 0 saturated carbocycles. The number of rotatable bonds is 5. The molecule has 1 aliphatic heterocycles. The Morgan fingerprint density at radius 3 is 2.85 bits per heavy atom. The van der Waals surface area contributed by atoms with Crippen LogP contribution >= 0.6 is 11.8 Å². The molecular formula is C11H17N5O3S. The second-order valence-corrected chi connectivity index (χ2v) is 4.91. The summed E-state index contributed by atoms with van der Waals surface area (Å²) in [6.45, 7) is 4.82. The minimum Gasteiger partial charge on any atom is -0.465 e. The third kappa shape index (κ3) is 4.20. The smallest absolute Gasteiger partial charge is 0.316 e. The van der Waals surface area contributed by atoms with Crippen LogP contribution in [0.2, 0.25) is 0 Å². The second-order valence-electron chi connectivity index (χ2n) is 3.97. The molecule has 1 aliphatic rings. The Bertz CT molecular complexity index is 467. The highest BCUT2D eigenvalue weighted by Crippen LogP contribution is 2.18. The fourth-order valence-electron chi connectivity index (χ4n) is 1.66. The minimum absolute atomic E-state index is 0.146. The number of anilines is 2. The van der Waals surface area contributed by atoms with Crippen LogP contribution in [0.1, 0.15) is 6.92 Å². The topological polar surface area (TPSA) is 103 Å². The maximum atomic E-state index is 11.3. The van der Waals surface area contributed by atoms with Crippen molar-refractivity contribution in [3.05, 3.63) is 0 Å². The van der Waals surface area contributed by atoms with E-state index < -0.39 is 0 Å². The normalized spacial score (nSPS) is 15.2. The van der Waals surface area contributed by atoms with Crippen molar-refractivity contribution in [3.8, 4) is 0 Å². The predicted molar refractivity (Wildman–Crippen MR) is 74.6 cm³/mol. The molecule has 2 heterocycles. The molecule has 1 saturated heterocycles. The van der Waals surface area contributed by atoms with Crippen molar-refractivity contribution < 1.29 is 14.3 Å². The van der Waals surface area contributed by atoms with Crippen LogP contribution in [-0.2, 0) is 14.3 Å². The maximum Gasteiger partial charge on any atom is 0.316 e. The Hall–Kier alpha value is -1.61. The first kappa shape index (κ1) is 14.8. The van der Waals surface area contributed by atoms with Gasteiger partial charge in [-0.15, -0.1) is 0 Å². The molecule has 0 radical (unpaired) electrons. The van der Waals surface area contributed by atoms with Crippen LogP contribution in [0.15, 0.2) is 5.16 Å². The van der Waals surface area contributed by atoms with Crippen molar-refractivity contribution in [1.29, 1.82) is 0 Å². The van der Waals surface area contributed by atoms with Crippen LogP contribution in [0.5, 0.6) is 0 Å². The molecule has 1 fully saturated rings. The van der Waals surface area contributed by atoms with Crippen LogP contribution in [0, 0.1) is 0 Å². The van der Waals surface area contributed by atoms with E-state index in [4.69, 9.17) is 15.2 Å². The number of hydrogen-bond donors (Lipinski definition) is 1. The van der Waals surface area contributed by atoms with Crippen molar-refractivity contribution in [2.75, 3.05) is 49.3 Å². The van der Waals surface area contributed by atoms with Crippen molar-refractivity contribution in [3.63, 3.8) is 0 Å². The molecule has 0 spiro atoms. The summed E-state index contributed by atoms with van der Waals surface area (Å²) in [7, 11) is 0. The lowest BCUT2D eigenvalue weighted by atomic mass is 10.4. The SMILES string of the molecule is CCOC(=O)CSc1nc(N)nc(N2CCOCC2)n1. The molecule has 2 N–H and O–H groups in total. The summed E-state index contributed by atoms with van der Waals surface area (Å²) in [5.41, 5.74) is 5.68. The molecule has 0 aromatic carbocycles. The number of esters is 1. The van der Waals surface area contributed by atoms with Gasteiger partial charge in [-0.1, -0.05) is 11.8 Å². The average Bonchev–Trinajstić information content (AvgIpc) is 2.46. The van der Waals surface area contributed by atoms with Gasteiger partial charge in [-0.05, 0) is 6.92 Å². The molecule has 0 unspecified atom stereocenters. The number of aromatic nitrogens is 3. The Kier molecular flexibility index (Phi) is 5.36. The number of ether oxygens (including phenoxy) is 2. The van der Waals surface area contributed by atoms with Gasteiger partial charge in [-0.25, -0.2) is 0 Å². The van der Waals surface area contributed by atoms with Crippen molar-refractivity contribution in [2.45, 2.75) is 12.1 Å². The van der Waals surface area contributed by atoms with E-state index in [0.29, 0.717) is 44.0 Å². The molecule has 0 amide bonds. The minimum atomic E-state index is -0.301. The lowest BCUT2D eigenvalue weighted by molar-refractivity contribution is -0.139. The number of carbonyl (C=O) groups is 1. The summed E-state index contributed by atoms with van der Waals surface area (Å²) in [5.74, 6) is 0.518. The number of hydrogen-bond acceptors (Lipinski definition) is 9. The van der Waals surface area contributed by atoms with Gasteiger partial charge in [0.15, 0.2) is 5.16 Å². The molecule has 1 aromatic heterocycles. The van der Waals surface area contributed by atoms with Crippen LogP contribution < -0.4 is 10.6 Å². The molecule has 0 bridgehead atoms. The number of nitrogen functional groups attached to an aromatic ring is 1. The summed E-state index contributed by atoms with van der Waals surface area (Å²) in [6.07, 6.45) is 0. The highest BCUT2D eigenvalue weighted by molar-refractivity contribution is 7.99. The zero-order chi connectivity index (χ0) is 14.4. The zero-order valence-electron chi connectivity index (χ0n) is 11.2. The van der Waals surface area contributed by atoms with Crippen molar-refractivity contribution >= 4 is 29.6 Å². The van der Waals surface area contributed by atoms with Gasteiger partial charge in [-0.3, -0.25) is 4.79 Å². The third-order valence-electron chi connectivity index (χ3n) is 2.54. The first-order valence-corrected chi connectivity index (χ1v) is 7.30. The fourth-order valence-corrected chi connectivity index (χ4v) is 2.29. The monoisotopic (exact) mass is 299 g/mol. The van der Waals surface area contributed by atoms with Crippen molar-refractivity contribution in [2.24, 2.45) is 0 Å². The summed E-state index contributed by atoms with van der Waals surface area (Å²) in [6, 6.07) is 0. The molecule has 20 heavy (non-hydrogen) atoms. The Labute approximate surface area is 121 Å². The van der Waals surface area contributed by atoms with E-state index in [1.54, 1.807) is 6.92 Å². The van der Waals surface area contributed by atoms with Gasteiger partial charge in [-0.2, -0.15) is 15.0 Å². The number of thioether (sulfide) groups is 1. The fraction of sp³-hybridized carbons (Fsp3) is 0.636. The van der Waals surface area contributed by atoms with Gasteiger partial charge in [0.05, 0.1) is 25.6 Å². The molecule has 110 valence electrons. The molecular weight excluding hydrogens is 282 g/mol. The number of nitrogens with two attached hydrogens (primary N) is 1. The van der Waals surface area contributed by atoms with Gasteiger partial charge in [0.2, 0.25) is 11.9 Å².